The smallest absolute Gasteiger partial charge is 0.254 e. The second-order valence-electron chi connectivity index (χ2n) is 43.0. The molecule has 10 aromatic carbocycles. The monoisotopic (exact) mass is 2360 g/mol. The highest BCUT2D eigenvalue weighted by atomic mass is 127. The number of nitrogens with zero attached hydrogens (tertiary/aromatic N) is 15. The Kier molecular flexibility index (Phi) is 40.1. The molecule has 5 heterocycles. The predicted octanol–water partition coefficient (Wildman–Crippen LogP) is 32.9. The summed E-state index contributed by atoms with van der Waals surface area (Å²) >= 11 is 40.4. The van der Waals surface area contributed by atoms with Crippen molar-refractivity contribution in [2.45, 2.75) is 262 Å². The Morgan fingerprint density at radius 1 is 0.333 bits per heavy atom. The number of hydrogen-bond donors (Lipinski definition) is 0. The molecule has 150 heavy (non-hydrogen) atoms. The van der Waals surface area contributed by atoms with E-state index >= 15 is 0 Å². The van der Waals surface area contributed by atoms with Crippen LogP contribution >= 0.6 is 112 Å². The number of carbonyl (C=O) groups is 5. The summed E-state index contributed by atoms with van der Waals surface area (Å²) in [6.45, 7) is 33.3. The summed E-state index contributed by atoms with van der Waals surface area (Å²) in [4.78, 5) is 101. The van der Waals surface area contributed by atoms with Gasteiger partial charge >= 0.3 is 0 Å². The van der Waals surface area contributed by atoms with Crippen molar-refractivity contribution in [2.24, 2.45) is 36.6 Å². The lowest BCUT2D eigenvalue weighted by Gasteiger charge is -2.26. The van der Waals surface area contributed by atoms with E-state index in [2.05, 4.69) is 142 Å². The van der Waals surface area contributed by atoms with E-state index in [1.165, 1.54) is 57.4 Å². The van der Waals surface area contributed by atoms with Crippen molar-refractivity contribution in [1.82, 2.24) is 72.3 Å². The minimum atomic E-state index is -0.379. The lowest BCUT2D eigenvalue weighted by molar-refractivity contribution is 0.0709. The third-order valence-electron chi connectivity index (χ3n) is 28.6. The first-order valence-corrected chi connectivity index (χ1v) is 57.7. The standard InChI is InChI=1S/C25H28BrClFN3O.C25H29ClIN3O.2C25H30ClN3O.C21H23BrClN3O/c1-16(2)11-12-30(25(32)17-7-9-21(28)20(26)13-17)15-24-29-22-10-8-18(27)14-23(22)31(24)19-5-3-4-6-19;1-17(2)12-13-29(25(31)18-6-5-7-20(27)14-18)16-24-28-22-11-10-19(26)15-23(22)30(24)21-8-3-4-9-21;1-17(2)15-28(25(30)19-8-6-7-18(3)13-19)16-24-27-22-12-11-20(26)14-23(22)29(24)21-9-4-5-10-21;1-17(2)15-28(25(30)19-10-8-18(3)9-11-19)16-24-27-22-13-12-20(26)14-23(22)29(24)21-6-4-5-7-21;1-13(2)11-26(21(27)15-6-5-14(3)17(22)9-15)12-20-24-18-8-7-16(23)10-19(18)25(20)4/h7-10,13-14,16,19H,3-6,11-12,15H2,1-2H3;5-7,10-11,14-15,17,21H,3-4,8-9,12-13,16H2,1-2H3;6-8,11-14,17,21H,4-5,9-10,15-16H2,1-3H3;8-14,17,21H,4-7,15-16H2,1-3H3;5-10,13H,11-12H2,1-4H3. The zero-order valence-corrected chi connectivity index (χ0v) is 97.8. The van der Waals surface area contributed by atoms with Crippen molar-refractivity contribution in [1.29, 1.82) is 0 Å². The van der Waals surface area contributed by atoms with Crippen molar-refractivity contribution in [3.8, 4) is 0 Å². The molecule has 0 bridgehead atoms. The summed E-state index contributed by atoms with van der Waals surface area (Å²) in [5, 5.41) is 3.54. The molecule has 19 rings (SSSR count). The molecule has 5 amide bonds. The molecule has 4 aliphatic rings. The third-order valence-corrected chi connectivity index (χ3v) is 31.9. The molecule has 4 saturated carbocycles. The van der Waals surface area contributed by atoms with Gasteiger partial charge in [0.1, 0.15) is 34.9 Å². The highest BCUT2D eigenvalue weighted by Gasteiger charge is 2.34. The molecule has 20 nitrogen and oxygen atoms in total. The topological polar surface area (TPSA) is 191 Å². The number of hydrogen-bond acceptors (Lipinski definition) is 10. The molecule has 5 aromatic heterocycles. The predicted molar refractivity (Wildman–Crippen MR) is 626 cm³/mol. The number of carbonyl (C=O) groups excluding carboxylic acids is 5. The molecule has 0 aliphatic heterocycles. The Hall–Kier alpha value is -10.0. The first kappa shape index (κ1) is 114. The van der Waals surface area contributed by atoms with Crippen LogP contribution in [0.3, 0.4) is 0 Å². The van der Waals surface area contributed by atoms with Gasteiger partial charge in [-0.15, -0.1) is 0 Å². The lowest BCUT2D eigenvalue weighted by atomic mass is 10.1. The molecule has 0 radical (unpaired) electrons. The van der Waals surface area contributed by atoms with Gasteiger partial charge in [-0.25, -0.2) is 29.3 Å². The summed E-state index contributed by atoms with van der Waals surface area (Å²) in [6.07, 6.45) is 20.8. The SMILES string of the molecule is CC(C)CCN(Cc1nc2ccc(Cl)cc2n1C1CCCC1)C(=O)c1ccc(F)c(Br)c1.CC(C)CCN(Cc1nc2ccc(Cl)cc2n1C1CCCC1)C(=O)c1cccc(I)c1.Cc1ccc(C(=O)N(Cc2nc3ccc(Cl)cc3n2C)CC(C)C)cc1Br.Cc1ccc(C(=O)N(Cc2nc3ccc(Cl)cc3n2C2CCCC2)CC(C)C)cc1.Cc1cccc(C(=O)N(Cc2nc3ccc(Cl)cc3n2C2CCCC2)CC(C)C)c1. The first-order chi connectivity index (χ1) is 71.8. The van der Waals surface area contributed by atoms with E-state index in [4.69, 9.17) is 82.9 Å². The number of rotatable bonds is 31. The van der Waals surface area contributed by atoms with Crippen LogP contribution in [-0.2, 0) is 39.8 Å². The second-order valence-corrected chi connectivity index (χ2v) is 48.1. The van der Waals surface area contributed by atoms with Crippen LogP contribution in [0.2, 0.25) is 25.1 Å². The highest BCUT2D eigenvalue weighted by molar-refractivity contribution is 14.1. The van der Waals surface area contributed by atoms with E-state index in [1.54, 1.807) is 12.1 Å². The highest BCUT2D eigenvalue weighted by Crippen LogP contribution is 2.42. The number of imidazole rings is 5. The minimum Gasteiger partial charge on any atom is -0.331 e. The summed E-state index contributed by atoms with van der Waals surface area (Å²) in [6, 6.07) is 64.5. The van der Waals surface area contributed by atoms with Gasteiger partial charge in [-0.1, -0.05) is 242 Å². The van der Waals surface area contributed by atoms with Crippen molar-refractivity contribution in [3.63, 3.8) is 0 Å². The van der Waals surface area contributed by atoms with E-state index in [-0.39, 0.29) is 35.4 Å². The maximum absolute atomic E-state index is 13.7. The quantitative estimate of drug-likeness (QED) is 0.0378. The van der Waals surface area contributed by atoms with Gasteiger partial charge in [0.2, 0.25) is 0 Å². The second kappa shape index (κ2) is 52.7. The number of aryl methyl sites for hydroxylation is 4. The van der Waals surface area contributed by atoms with E-state index in [1.807, 2.05) is 239 Å². The molecule has 0 spiro atoms. The molecule has 15 aromatic rings. The maximum atomic E-state index is 13.7. The number of halogens is 9. The number of amides is 5. The number of benzene rings is 10. The van der Waals surface area contributed by atoms with E-state index in [9.17, 15) is 28.4 Å². The van der Waals surface area contributed by atoms with Crippen LogP contribution < -0.4 is 0 Å². The van der Waals surface area contributed by atoms with Gasteiger partial charge < -0.3 is 47.3 Å². The van der Waals surface area contributed by atoms with Gasteiger partial charge in [0.05, 0.1) is 92.4 Å². The minimum absolute atomic E-state index is 0.00879. The fourth-order valence-corrected chi connectivity index (χ4v) is 23.2. The van der Waals surface area contributed by atoms with Gasteiger partial charge in [0.15, 0.2) is 0 Å². The molecule has 0 saturated heterocycles. The summed E-state index contributed by atoms with van der Waals surface area (Å²) in [7, 11) is 1.96. The molecule has 29 heteroatoms. The van der Waals surface area contributed by atoms with Crippen LogP contribution in [0.4, 0.5) is 4.39 Å². The summed E-state index contributed by atoms with van der Waals surface area (Å²) in [5.74, 6) is 6.40. The Balaban J connectivity index is 0.000000140. The number of aromatic nitrogens is 10. The Morgan fingerprint density at radius 2 is 0.627 bits per heavy atom. The van der Waals surface area contributed by atoms with Gasteiger partial charge in [0, 0.05) is 125 Å². The van der Waals surface area contributed by atoms with Crippen molar-refractivity contribution >= 4 is 197 Å². The molecular formula is C121H140Br2Cl5FIN15O5. The Bertz CT molecular complexity index is 7250. The number of fused-ring (bicyclic) bond motifs is 5. The van der Waals surface area contributed by atoms with Crippen molar-refractivity contribution < 1.29 is 28.4 Å². The van der Waals surface area contributed by atoms with Crippen molar-refractivity contribution in [3.05, 3.63) is 317 Å². The van der Waals surface area contributed by atoms with Crippen LogP contribution in [-0.4, -0.2) is 135 Å². The molecule has 4 aliphatic carbocycles. The molecule has 0 N–H and O–H groups in total. The molecule has 4 fully saturated rings. The normalized spacial score (nSPS) is 14.1. The first-order valence-electron chi connectivity index (χ1n) is 53.2. The fraction of sp³-hybridized carbons (Fsp3) is 0.421. The van der Waals surface area contributed by atoms with E-state index in [0.717, 1.165) is 212 Å². The van der Waals surface area contributed by atoms with Crippen molar-refractivity contribution in [2.75, 3.05) is 32.7 Å². The zero-order valence-electron chi connectivity index (χ0n) is 88.7. The van der Waals surface area contributed by atoms with Crippen LogP contribution in [0.1, 0.15) is 307 Å². The Labute approximate surface area is 938 Å². The lowest BCUT2D eigenvalue weighted by Crippen LogP contribution is -2.35. The van der Waals surface area contributed by atoms with Crippen LogP contribution in [0.5, 0.6) is 0 Å². The molecular weight excluding hydrogens is 2230 g/mol. The fourth-order valence-electron chi connectivity index (χ4n) is 21.1. The maximum Gasteiger partial charge on any atom is 0.254 e. The van der Waals surface area contributed by atoms with Crippen LogP contribution in [0.25, 0.3) is 55.2 Å². The van der Waals surface area contributed by atoms with Gasteiger partial charge in [-0.05, 0) is 322 Å². The summed E-state index contributed by atoms with van der Waals surface area (Å²) < 4.78 is 27.4. The van der Waals surface area contributed by atoms with Gasteiger partial charge in [-0.2, -0.15) is 0 Å². The van der Waals surface area contributed by atoms with E-state index < -0.39 is 0 Å². The Morgan fingerprint density at radius 3 is 0.967 bits per heavy atom. The van der Waals surface area contributed by atoms with Gasteiger partial charge in [-0.3, -0.25) is 24.0 Å². The average molecular weight is 2370 g/mol. The zero-order chi connectivity index (χ0) is 107. The molecule has 792 valence electrons. The summed E-state index contributed by atoms with van der Waals surface area (Å²) in [5.41, 5.74) is 16.6. The van der Waals surface area contributed by atoms with Gasteiger partial charge in [0.25, 0.3) is 29.5 Å². The largest absolute Gasteiger partial charge is 0.331 e. The molecule has 0 unspecified atom stereocenters. The third kappa shape index (κ3) is 29.4. The molecule has 0 atom stereocenters. The van der Waals surface area contributed by atoms with Crippen LogP contribution in [0.15, 0.2) is 209 Å². The average Bonchev–Trinajstić information content (AvgIpc) is 1.63. The van der Waals surface area contributed by atoms with Crippen LogP contribution in [0, 0.1) is 59.7 Å². The van der Waals surface area contributed by atoms with E-state index in [0.29, 0.717) is 138 Å².